The number of carbonyl (C=O) groups excluding carboxylic acids is 2. The summed E-state index contributed by atoms with van der Waals surface area (Å²) in [7, 11) is 1.35. The summed E-state index contributed by atoms with van der Waals surface area (Å²) in [5.74, 6) is 0.906. The number of aliphatic hydroxyl groups is 1. The fourth-order valence-corrected chi connectivity index (χ4v) is 8.30. The van der Waals surface area contributed by atoms with Crippen LogP contribution in [0.25, 0.3) is 0 Å². The monoisotopic (exact) mass is 392 g/mol. The summed E-state index contributed by atoms with van der Waals surface area (Å²) < 4.78 is 16.3. The molecule has 6 nitrogen and oxygen atoms in total. The molecule has 5 aliphatic rings. The minimum absolute atomic E-state index is 0.0841. The van der Waals surface area contributed by atoms with E-state index in [2.05, 4.69) is 18.6 Å². The smallest absolute Gasteiger partial charge is 0.458 e. The lowest BCUT2D eigenvalue weighted by Crippen LogP contribution is -2.65. The lowest BCUT2D eigenvalue weighted by molar-refractivity contribution is -0.227. The first-order chi connectivity index (χ1) is 13.3. The molecule has 0 radical (unpaired) electrons. The highest BCUT2D eigenvalue weighted by Gasteiger charge is 2.77. The van der Waals surface area contributed by atoms with E-state index in [1.54, 1.807) is 0 Å². The topological polar surface area (TPSA) is 82.1 Å². The molecule has 28 heavy (non-hydrogen) atoms. The van der Waals surface area contributed by atoms with E-state index in [9.17, 15) is 14.7 Å². The van der Waals surface area contributed by atoms with Crippen LogP contribution in [0.4, 0.5) is 4.79 Å². The first-order valence-corrected chi connectivity index (χ1v) is 10.9. The highest BCUT2D eigenvalue weighted by atomic mass is 16.7. The zero-order valence-corrected chi connectivity index (χ0v) is 17.1. The second-order valence-corrected chi connectivity index (χ2v) is 10.4. The van der Waals surface area contributed by atoms with E-state index in [0.717, 1.165) is 51.4 Å². The molecule has 0 spiro atoms. The molecule has 1 aliphatic heterocycles. The maximum Gasteiger partial charge on any atom is 0.508 e. The first-order valence-electron chi connectivity index (χ1n) is 10.9. The number of esters is 1. The van der Waals surface area contributed by atoms with Gasteiger partial charge < -0.3 is 19.3 Å². The molecule has 2 bridgehead atoms. The molecule has 9 atom stereocenters. The van der Waals surface area contributed by atoms with Gasteiger partial charge in [-0.1, -0.05) is 13.8 Å². The van der Waals surface area contributed by atoms with E-state index in [0.29, 0.717) is 17.8 Å². The Balaban J connectivity index is 1.44. The molecule has 1 saturated heterocycles. The zero-order valence-electron chi connectivity index (χ0n) is 17.1. The second kappa shape index (κ2) is 5.87. The van der Waals surface area contributed by atoms with Gasteiger partial charge in [0.05, 0.1) is 19.1 Å². The number of hydrogen-bond acceptors (Lipinski definition) is 6. The standard InChI is InChI=1S/C22H32O6/c1-20-8-6-13(27-19(25)26-3)10-12(20)4-5-14-16(20)11-17(23)21(2)15-7-9-22(14,21)28-18(15)24/h12-17,23H,4-11H2,1-3H3/t12-,13+,14-,15-,16+,17-,20+,21+,22+/m1/s1. The molecule has 4 saturated carbocycles. The van der Waals surface area contributed by atoms with Gasteiger partial charge in [-0.05, 0) is 68.6 Å². The van der Waals surface area contributed by atoms with Crippen molar-refractivity contribution in [1.82, 2.24) is 0 Å². The number of carbonyl (C=O) groups is 2. The van der Waals surface area contributed by atoms with Crippen LogP contribution >= 0.6 is 0 Å². The van der Waals surface area contributed by atoms with Gasteiger partial charge in [0.25, 0.3) is 0 Å². The van der Waals surface area contributed by atoms with E-state index in [-0.39, 0.29) is 23.4 Å². The van der Waals surface area contributed by atoms with E-state index >= 15 is 0 Å². The van der Waals surface area contributed by atoms with Crippen molar-refractivity contribution >= 4 is 12.1 Å². The summed E-state index contributed by atoms with van der Waals surface area (Å²) in [4.78, 5) is 24.1. The predicted molar refractivity (Wildman–Crippen MR) is 99.2 cm³/mol. The third-order valence-corrected chi connectivity index (χ3v) is 9.85. The summed E-state index contributed by atoms with van der Waals surface area (Å²) >= 11 is 0. The second-order valence-electron chi connectivity index (χ2n) is 10.4. The van der Waals surface area contributed by atoms with Gasteiger partial charge in [0.2, 0.25) is 0 Å². The Hall–Kier alpha value is -1.30. The minimum atomic E-state index is -0.597. The summed E-state index contributed by atoms with van der Waals surface area (Å²) in [5.41, 5.74) is -0.826. The van der Waals surface area contributed by atoms with E-state index < -0.39 is 23.3 Å². The number of hydrogen-bond donors (Lipinski definition) is 1. The van der Waals surface area contributed by atoms with Gasteiger partial charge >= 0.3 is 12.1 Å². The van der Waals surface area contributed by atoms with Crippen LogP contribution in [0.1, 0.15) is 65.2 Å². The number of methoxy groups -OCH3 is 1. The molecule has 5 rings (SSSR count). The third kappa shape index (κ3) is 2.08. The Morgan fingerprint density at radius 3 is 2.61 bits per heavy atom. The van der Waals surface area contributed by atoms with Crippen molar-refractivity contribution in [2.75, 3.05) is 7.11 Å². The molecular formula is C22H32O6. The summed E-state index contributed by atoms with van der Waals surface area (Å²) in [6.07, 6.45) is 6.07. The molecule has 4 aliphatic carbocycles. The average Bonchev–Trinajstić information content (AvgIpc) is 3.09. The average molecular weight is 392 g/mol. The third-order valence-electron chi connectivity index (χ3n) is 9.85. The van der Waals surface area contributed by atoms with Crippen molar-refractivity contribution in [3.8, 4) is 0 Å². The molecule has 0 unspecified atom stereocenters. The largest absolute Gasteiger partial charge is 0.508 e. The summed E-state index contributed by atoms with van der Waals surface area (Å²) in [6, 6.07) is 0. The molecule has 0 aromatic heterocycles. The van der Waals surface area contributed by atoms with Crippen LogP contribution in [0.2, 0.25) is 0 Å². The summed E-state index contributed by atoms with van der Waals surface area (Å²) in [5, 5.41) is 11.3. The van der Waals surface area contributed by atoms with Crippen LogP contribution in [0.3, 0.4) is 0 Å². The molecule has 1 N–H and O–H groups in total. The van der Waals surface area contributed by atoms with Crippen LogP contribution < -0.4 is 0 Å². The maximum atomic E-state index is 12.6. The van der Waals surface area contributed by atoms with Crippen molar-refractivity contribution in [2.45, 2.75) is 83.0 Å². The van der Waals surface area contributed by atoms with Crippen molar-refractivity contribution in [3.63, 3.8) is 0 Å². The molecule has 0 aromatic rings. The van der Waals surface area contributed by atoms with Crippen molar-refractivity contribution in [3.05, 3.63) is 0 Å². The van der Waals surface area contributed by atoms with Gasteiger partial charge in [0.1, 0.15) is 11.7 Å². The van der Waals surface area contributed by atoms with Crippen LogP contribution in [0.5, 0.6) is 0 Å². The molecule has 0 aromatic carbocycles. The maximum absolute atomic E-state index is 12.6. The molecule has 5 fully saturated rings. The summed E-state index contributed by atoms with van der Waals surface area (Å²) in [6.45, 7) is 4.46. The molecular weight excluding hydrogens is 360 g/mol. The van der Waals surface area contributed by atoms with Crippen LogP contribution in [-0.4, -0.2) is 42.1 Å². The Morgan fingerprint density at radius 1 is 1.11 bits per heavy atom. The Kier molecular flexibility index (Phi) is 3.92. The highest BCUT2D eigenvalue weighted by Crippen LogP contribution is 2.72. The van der Waals surface area contributed by atoms with Gasteiger partial charge in [-0.2, -0.15) is 0 Å². The molecule has 1 heterocycles. The molecule has 6 heteroatoms. The van der Waals surface area contributed by atoms with Crippen molar-refractivity contribution in [2.24, 2.45) is 34.5 Å². The predicted octanol–water partition coefficient (Wildman–Crippen LogP) is 3.45. The molecule has 0 amide bonds. The van der Waals surface area contributed by atoms with Gasteiger partial charge in [-0.3, -0.25) is 4.79 Å². The van der Waals surface area contributed by atoms with Gasteiger partial charge in [-0.25, -0.2) is 4.79 Å². The number of rotatable bonds is 1. The first kappa shape index (κ1) is 18.7. The normalized spacial score (nSPS) is 54.2. The Morgan fingerprint density at radius 2 is 1.89 bits per heavy atom. The molecule has 156 valence electrons. The lowest BCUT2D eigenvalue weighted by Gasteiger charge is -2.63. The quantitative estimate of drug-likeness (QED) is 0.689. The van der Waals surface area contributed by atoms with E-state index in [4.69, 9.17) is 9.47 Å². The minimum Gasteiger partial charge on any atom is -0.458 e. The Bertz CT molecular complexity index is 707. The fraction of sp³-hybridized carbons (Fsp3) is 0.909. The fourth-order valence-electron chi connectivity index (χ4n) is 8.30. The van der Waals surface area contributed by atoms with E-state index in [1.165, 1.54) is 7.11 Å². The van der Waals surface area contributed by atoms with Crippen molar-refractivity contribution < 1.29 is 28.9 Å². The number of ether oxygens (including phenoxy) is 3. The van der Waals surface area contributed by atoms with Crippen LogP contribution in [0.15, 0.2) is 0 Å². The number of aliphatic hydroxyl groups excluding tert-OH is 1. The number of fused-ring (bicyclic) bond motifs is 3. The van der Waals surface area contributed by atoms with Gasteiger partial charge in [0, 0.05) is 11.3 Å². The van der Waals surface area contributed by atoms with E-state index in [1.807, 2.05) is 0 Å². The van der Waals surface area contributed by atoms with Gasteiger partial charge in [0.15, 0.2) is 0 Å². The highest BCUT2D eigenvalue weighted by molar-refractivity contribution is 5.79. The zero-order chi connectivity index (χ0) is 19.9. The van der Waals surface area contributed by atoms with Gasteiger partial charge in [-0.15, -0.1) is 0 Å². The lowest BCUT2D eigenvalue weighted by atomic mass is 9.43. The van der Waals surface area contributed by atoms with Crippen LogP contribution in [-0.2, 0) is 19.0 Å². The SMILES string of the molecule is COC(=O)O[C@H]1CC[C@@]2(C)[C@H](CC[C@@H]3[C@@H]2C[C@@H](O)[C@]2(C)[C@@H]4CC[C@]32OC4=O)C1. The van der Waals surface area contributed by atoms with Crippen molar-refractivity contribution in [1.29, 1.82) is 0 Å². The Labute approximate surface area is 166 Å². The van der Waals surface area contributed by atoms with Crippen LogP contribution in [0, 0.1) is 34.5 Å².